The second-order valence-electron chi connectivity index (χ2n) is 5.91. The smallest absolute Gasteiger partial charge is 0.0903 e. The van der Waals surface area contributed by atoms with E-state index in [0.29, 0.717) is 5.41 Å². The molecule has 2 nitrogen and oxygen atoms in total. The highest BCUT2D eigenvalue weighted by Gasteiger charge is 2.57. The van der Waals surface area contributed by atoms with Crippen molar-refractivity contribution < 1.29 is 0 Å². The maximum Gasteiger partial charge on any atom is 0.0903 e. The first-order valence-electron chi connectivity index (χ1n) is 6.95. The standard InChI is InChI=1S/C16H18N2S/c1-10-15(19-11(2)18-10)12-3-5-13(6-4-12)16-7-14(16)8-17-9-16/h3-6,14,17H,7-9H2,1-2H3/t14-,16?/m1/s1. The lowest BCUT2D eigenvalue weighted by atomic mass is 9.94. The Bertz CT molecular complexity index is 629. The summed E-state index contributed by atoms with van der Waals surface area (Å²) in [5.41, 5.74) is 4.45. The van der Waals surface area contributed by atoms with Gasteiger partial charge in [-0.1, -0.05) is 24.3 Å². The van der Waals surface area contributed by atoms with Crippen molar-refractivity contribution in [3.8, 4) is 10.4 Å². The van der Waals surface area contributed by atoms with Gasteiger partial charge in [-0.15, -0.1) is 11.3 Å². The van der Waals surface area contributed by atoms with Gasteiger partial charge in [0.25, 0.3) is 0 Å². The third-order valence-corrected chi connectivity index (χ3v) is 5.81. The molecule has 1 aliphatic heterocycles. The van der Waals surface area contributed by atoms with E-state index in [4.69, 9.17) is 0 Å². The van der Waals surface area contributed by atoms with E-state index >= 15 is 0 Å². The average Bonchev–Trinajstić information content (AvgIpc) is 2.79. The van der Waals surface area contributed by atoms with Gasteiger partial charge in [-0.05, 0) is 43.9 Å². The Morgan fingerprint density at radius 1 is 1.26 bits per heavy atom. The zero-order valence-electron chi connectivity index (χ0n) is 11.4. The average molecular weight is 270 g/mol. The van der Waals surface area contributed by atoms with E-state index in [1.807, 2.05) is 0 Å². The molecule has 2 aliphatic rings. The number of aromatic nitrogens is 1. The summed E-state index contributed by atoms with van der Waals surface area (Å²) in [4.78, 5) is 5.84. The Labute approximate surface area is 117 Å². The van der Waals surface area contributed by atoms with Gasteiger partial charge < -0.3 is 5.32 Å². The monoisotopic (exact) mass is 270 g/mol. The summed E-state index contributed by atoms with van der Waals surface area (Å²) in [6, 6.07) is 9.21. The molecule has 0 amide bonds. The molecule has 0 spiro atoms. The predicted molar refractivity (Wildman–Crippen MR) is 79.7 cm³/mol. The van der Waals surface area contributed by atoms with Crippen LogP contribution in [-0.4, -0.2) is 18.1 Å². The minimum absolute atomic E-state index is 0.469. The highest BCUT2D eigenvalue weighted by molar-refractivity contribution is 7.15. The van der Waals surface area contributed by atoms with Crippen molar-refractivity contribution in [1.29, 1.82) is 0 Å². The van der Waals surface area contributed by atoms with Gasteiger partial charge in [0.2, 0.25) is 0 Å². The molecule has 0 bridgehead atoms. The van der Waals surface area contributed by atoms with E-state index in [2.05, 4.69) is 48.4 Å². The molecule has 0 radical (unpaired) electrons. The van der Waals surface area contributed by atoms with Gasteiger partial charge in [0, 0.05) is 12.0 Å². The summed E-state index contributed by atoms with van der Waals surface area (Å²) < 4.78 is 0. The van der Waals surface area contributed by atoms with Crippen LogP contribution in [0.4, 0.5) is 0 Å². The van der Waals surface area contributed by atoms with Gasteiger partial charge in [-0.25, -0.2) is 4.98 Å². The van der Waals surface area contributed by atoms with Crippen LogP contribution in [0.2, 0.25) is 0 Å². The third-order valence-electron chi connectivity index (χ3n) is 4.69. The quantitative estimate of drug-likeness (QED) is 0.906. The van der Waals surface area contributed by atoms with Crippen molar-refractivity contribution >= 4 is 11.3 Å². The molecule has 2 heterocycles. The third kappa shape index (κ3) is 1.68. The van der Waals surface area contributed by atoms with Gasteiger partial charge >= 0.3 is 0 Å². The predicted octanol–water partition coefficient (Wildman–Crippen LogP) is 3.29. The molecule has 1 unspecified atom stereocenters. The fourth-order valence-electron chi connectivity index (χ4n) is 3.54. The minimum Gasteiger partial charge on any atom is -0.316 e. The van der Waals surface area contributed by atoms with Crippen LogP contribution in [0.25, 0.3) is 10.4 Å². The molecule has 1 aliphatic carbocycles. The molecule has 3 heteroatoms. The first kappa shape index (κ1) is 11.6. The van der Waals surface area contributed by atoms with Crippen molar-refractivity contribution in [3.05, 3.63) is 40.5 Å². The van der Waals surface area contributed by atoms with Gasteiger partial charge in [0.1, 0.15) is 0 Å². The van der Waals surface area contributed by atoms with Gasteiger partial charge in [0.15, 0.2) is 0 Å². The highest BCUT2D eigenvalue weighted by atomic mass is 32.1. The number of nitrogens with zero attached hydrogens (tertiary/aromatic N) is 1. The van der Waals surface area contributed by atoms with Gasteiger partial charge in [-0.3, -0.25) is 0 Å². The second-order valence-corrected chi connectivity index (χ2v) is 7.12. The molecule has 2 fully saturated rings. The summed E-state index contributed by atoms with van der Waals surface area (Å²) >= 11 is 1.79. The number of nitrogens with one attached hydrogen (secondary N) is 1. The van der Waals surface area contributed by atoms with Crippen LogP contribution in [-0.2, 0) is 5.41 Å². The van der Waals surface area contributed by atoms with Crippen LogP contribution >= 0.6 is 11.3 Å². The van der Waals surface area contributed by atoms with Crippen LogP contribution < -0.4 is 5.32 Å². The van der Waals surface area contributed by atoms with Crippen LogP contribution in [0.5, 0.6) is 0 Å². The molecular formula is C16H18N2S. The minimum atomic E-state index is 0.469. The summed E-state index contributed by atoms with van der Waals surface area (Å²) in [5.74, 6) is 0.880. The van der Waals surface area contributed by atoms with E-state index in [1.54, 1.807) is 11.3 Å². The zero-order valence-corrected chi connectivity index (χ0v) is 12.2. The largest absolute Gasteiger partial charge is 0.316 e. The van der Waals surface area contributed by atoms with E-state index in [-0.39, 0.29) is 0 Å². The molecule has 1 saturated heterocycles. The molecular weight excluding hydrogens is 252 g/mol. The lowest BCUT2D eigenvalue weighted by Crippen LogP contribution is -2.19. The molecule has 98 valence electrons. The molecule has 1 N–H and O–H groups in total. The molecule has 4 rings (SSSR count). The second kappa shape index (κ2) is 3.90. The number of thiazole rings is 1. The fraction of sp³-hybridized carbons (Fsp3) is 0.438. The van der Waals surface area contributed by atoms with Crippen molar-refractivity contribution in [2.24, 2.45) is 5.92 Å². The molecule has 1 aromatic heterocycles. The van der Waals surface area contributed by atoms with Crippen molar-refractivity contribution in [2.75, 3.05) is 13.1 Å². The van der Waals surface area contributed by atoms with Crippen LogP contribution in [0.1, 0.15) is 22.7 Å². The molecule has 1 aromatic carbocycles. The Morgan fingerprint density at radius 2 is 2.05 bits per heavy atom. The topological polar surface area (TPSA) is 24.9 Å². The molecule has 2 aromatic rings. The highest BCUT2D eigenvalue weighted by Crippen LogP contribution is 2.56. The first-order chi connectivity index (χ1) is 9.19. The summed E-state index contributed by atoms with van der Waals surface area (Å²) in [6.45, 7) is 6.54. The van der Waals surface area contributed by atoms with Crippen LogP contribution in [0.3, 0.4) is 0 Å². The van der Waals surface area contributed by atoms with Crippen molar-refractivity contribution in [2.45, 2.75) is 25.7 Å². The molecule has 1 saturated carbocycles. The van der Waals surface area contributed by atoms with Crippen LogP contribution in [0.15, 0.2) is 24.3 Å². The Hall–Kier alpha value is -1.19. The zero-order chi connectivity index (χ0) is 13.0. The number of fused-ring (bicyclic) bond motifs is 1. The summed E-state index contributed by atoms with van der Waals surface area (Å²) in [6.07, 6.45) is 1.37. The molecule has 2 atom stereocenters. The number of piperidine rings is 1. The number of aryl methyl sites for hydroxylation is 2. The van der Waals surface area contributed by atoms with E-state index < -0.39 is 0 Å². The first-order valence-corrected chi connectivity index (χ1v) is 7.76. The number of rotatable bonds is 2. The number of hydrogen-bond acceptors (Lipinski definition) is 3. The van der Waals surface area contributed by atoms with Crippen molar-refractivity contribution in [3.63, 3.8) is 0 Å². The summed E-state index contributed by atoms with van der Waals surface area (Å²) in [5, 5.41) is 4.66. The normalized spacial score (nSPS) is 28.4. The lowest BCUT2D eigenvalue weighted by molar-refractivity contribution is 0.676. The number of benzene rings is 1. The van der Waals surface area contributed by atoms with Gasteiger partial charge in [0.05, 0.1) is 15.6 Å². The Kier molecular flexibility index (Phi) is 2.39. The SMILES string of the molecule is Cc1nc(C)c(-c2ccc(C34CNC[C@H]3C4)cc2)s1. The van der Waals surface area contributed by atoms with E-state index in [0.717, 1.165) is 23.2 Å². The fourth-order valence-corrected chi connectivity index (χ4v) is 4.47. The van der Waals surface area contributed by atoms with Gasteiger partial charge in [-0.2, -0.15) is 0 Å². The maximum absolute atomic E-state index is 4.52. The summed E-state index contributed by atoms with van der Waals surface area (Å²) in [7, 11) is 0. The Balaban J connectivity index is 1.68. The van der Waals surface area contributed by atoms with E-state index in [9.17, 15) is 0 Å². The Morgan fingerprint density at radius 3 is 2.58 bits per heavy atom. The number of hydrogen-bond donors (Lipinski definition) is 1. The lowest BCUT2D eigenvalue weighted by Gasteiger charge is -2.12. The van der Waals surface area contributed by atoms with Crippen molar-refractivity contribution in [1.82, 2.24) is 10.3 Å². The molecule has 19 heavy (non-hydrogen) atoms. The van der Waals surface area contributed by atoms with Crippen LogP contribution in [0, 0.1) is 19.8 Å². The maximum atomic E-state index is 4.52. The van der Waals surface area contributed by atoms with E-state index in [1.165, 1.54) is 29.0 Å².